The van der Waals surface area contributed by atoms with Crippen LogP contribution in [0.25, 0.3) is 0 Å². The van der Waals surface area contributed by atoms with Crippen molar-refractivity contribution in [3.63, 3.8) is 0 Å². The molecule has 0 aromatic heterocycles. The Bertz CT molecular complexity index is 383. The summed E-state index contributed by atoms with van der Waals surface area (Å²) in [4.78, 5) is 21.0. The molecule has 0 amide bonds. The van der Waals surface area contributed by atoms with E-state index in [0.717, 1.165) is 0 Å². The lowest BCUT2D eigenvalue weighted by Gasteiger charge is -2.03. The number of aryl methyl sites for hydroxylation is 1. The summed E-state index contributed by atoms with van der Waals surface area (Å²) in [5.41, 5.74) is 1.51. The van der Waals surface area contributed by atoms with Gasteiger partial charge in [0.05, 0.1) is 12.0 Å². The molecule has 1 rings (SSSR count). The zero-order valence-corrected chi connectivity index (χ0v) is 11.7. The quantitative estimate of drug-likeness (QED) is 0.867. The second-order valence-electron chi connectivity index (χ2n) is 3.02. The first-order valence-electron chi connectivity index (χ1n) is 6.05. The van der Waals surface area contributed by atoms with Crippen LogP contribution in [0.4, 0.5) is 0 Å². The van der Waals surface area contributed by atoms with Gasteiger partial charge in [-0.2, -0.15) is 0 Å². The van der Waals surface area contributed by atoms with Crippen molar-refractivity contribution in [3.05, 3.63) is 34.9 Å². The first-order valence-corrected chi connectivity index (χ1v) is 6.05. The number of carbonyl (C=O) groups is 2. The minimum absolute atomic E-state index is 0.0776. The van der Waals surface area contributed by atoms with Gasteiger partial charge in [0.25, 0.3) is 0 Å². The van der Waals surface area contributed by atoms with Gasteiger partial charge < -0.3 is 10.2 Å². The number of hydrogen-bond acceptors (Lipinski definition) is 2. The minimum Gasteiger partial charge on any atom is -0.481 e. The van der Waals surface area contributed by atoms with E-state index in [1.165, 1.54) is 18.2 Å². The molecule has 4 nitrogen and oxygen atoms in total. The van der Waals surface area contributed by atoms with Crippen molar-refractivity contribution >= 4 is 11.9 Å². The van der Waals surface area contributed by atoms with Crippen molar-refractivity contribution in [1.29, 1.82) is 0 Å². The highest BCUT2D eigenvalue weighted by Gasteiger charge is 2.07. The summed E-state index contributed by atoms with van der Waals surface area (Å²) in [7, 11) is 0. The van der Waals surface area contributed by atoms with Crippen molar-refractivity contribution in [1.82, 2.24) is 0 Å². The molecule has 0 unspecified atom stereocenters. The van der Waals surface area contributed by atoms with Gasteiger partial charge in [0, 0.05) is 0 Å². The van der Waals surface area contributed by atoms with Gasteiger partial charge in [-0.05, 0) is 30.2 Å². The lowest BCUT2D eigenvalue weighted by molar-refractivity contribution is -0.136. The van der Waals surface area contributed by atoms with Gasteiger partial charge in [-0.15, -0.1) is 0 Å². The molecule has 0 radical (unpaired) electrons. The van der Waals surface area contributed by atoms with Crippen molar-refractivity contribution < 1.29 is 19.8 Å². The maximum Gasteiger partial charge on any atom is 0.335 e. The summed E-state index contributed by atoms with van der Waals surface area (Å²) in [6, 6.07) is 4.42. The predicted octanol–water partition coefficient (Wildman–Crippen LogP) is 3.37. The Balaban J connectivity index is 0. The van der Waals surface area contributed by atoms with E-state index in [0.29, 0.717) is 11.1 Å². The van der Waals surface area contributed by atoms with E-state index < -0.39 is 11.9 Å². The molecular weight excluding hydrogens is 232 g/mol. The lowest BCUT2D eigenvalue weighted by atomic mass is 10.0. The van der Waals surface area contributed by atoms with Crippen molar-refractivity contribution in [2.24, 2.45) is 0 Å². The Hall–Kier alpha value is -1.84. The topological polar surface area (TPSA) is 74.6 Å². The van der Waals surface area contributed by atoms with E-state index in [1.807, 2.05) is 27.7 Å². The Kier molecular flexibility index (Phi) is 10.6. The van der Waals surface area contributed by atoms with Crippen molar-refractivity contribution in [2.45, 2.75) is 41.0 Å². The summed E-state index contributed by atoms with van der Waals surface area (Å²) in [6.07, 6.45) is -0.0776. The maximum atomic E-state index is 10.6. The van der Waals surface area contributed by atoms with Gasteiger partial charge in [-0.3, -0.25) is 4.79 Å². The molecule has 0 bridgehead atoms. The molecule has 0 spiro atoms. The van der Waals surface area contributed by atoms with E-state index in [9.17, 15) is 9.59 Å². The normalized spacial score (nSPS) is 8.28. The van der Waals surface area contributed by atoms with Crippen LogP contribution in [-0.2, 0) is 11.2 Å². The number of carboxylic acids is 2. The molecular formula is C14H22O4. The third-order valence-electron chi connectivity index (χ3n) is 1.93. The van der Waals surface area contributed by atoms with Crippen LogP contribution in [-0.4, -0.2) is 22.2 Å². The van der Waals surface area contributed by atoms with Gasteiger partial charge in [0.15, 0.2) is 0 Å². The molecule has 0 aliphatic rings. The third-order valence-corrected chi connectivity index (χ3v) is 1.93. The molecule has 0 aliphatic carbocycles. The Morgan fingerprint density at radius 2 is 1.56 bits per heavy atom. The fraction of sp³-hybridized carbons (Fsp3) is 0.429. The second kappa shape index (κ2) is 10.3. The van der Waals surface area contributed by atoms with Crippen molar-refractivity contribution in [3.8, 4) is 0 Å². The first kappa shape index (κ1) is 18.5. The van der Waals surface area contributed by atoms with Crippen LogP contribution in [0.5, 0.6) is 0 Å². The van der Waals surface area contributed by atoms with E-state index >= 15 is 0 Å². The van der Waals surface area contributed by atoms with E-state index in [-0.39, 0.29) is 12.0 Å². The number of aliphatic carboxylic acids is 1. The van der Waals surface area contributed by atoms with Crippen LogP contribution in [0, 0.1) is 6.92 Å². The van der Waals surface area contributed by atoms with Crippen LogP contribution in [0.3, 0.4) is 0 Å². The van der Waals surface area contributed by atoms with E-state index in [4.69, 9.17) is 10.2 Å². The molecule has 0 aliphatic heterocycles. The number of rotatable bonds is 3. The molecule has 102 valence electrons. The summed E-state index contributed by atoms with van der Waals surface area (Å²) < 4.78 is 0. The Labute approximate surface area is 108 Å². The molecule has 4 heteroatoms. The molecule has 1 aromatic carbocycles. The average molecular weight is 254 g/mol. The average Bonchev–Trinajstić information content (AvgIpc) is 2.36. The molecule has 0 atom stereocenters. The van der Waals surface area contributed by atoms with E-state index in [2.05, 4.69) is 0 Å². The fourth-order valence-corrected chi connectivity index (χ4v) is 1.19. The number of benzene rings is 1. The maximum absolute atomic E-state index is 10.6. The van der Waals surface area contributed by atoms with Gasteiger partial charge in [0.2, 0.25) is 0 Å². The van der Waals surface area contributed by atoms with Crippen molar-refractivity contribution in [2.75, 3.05) is 0 Å². The zero-order valence-electron chi connectivity index (χ0n) is 11.7. The predicted molar refractivity (Wildman–Crippen MR) is 72.2 cm³/mol. The Morgan fingerprint density at radius 3 is 1.89 bits per heavy atom. The van der Waals surface area contributed by atoms with Gasteiger partial charge in [0.1, 0.15) is 0 Å². The van der Waals surface area contributed by atoms with Crippen LogP contribution < -0.4 is 0 Å². The molecule has 18 heavy (non-hydrogen) atoms. The van der Waals surface area contributed by atoms with Gasteiger partial charge in [-0.25, -0.2) is 4.79 Å². The Morgan fingerprint density at radius 1 is 1.06 bits per heavy atom. The smallest absolute Gasteiger partial charge is 0.335 e. The molecule has 0 saturated carbocycles. The highest BCUT2D eigenvalue weighted by molar-refractivity contribution is 5.88. The van der Waals surface area contributed by atoms with Crippen LogP contribution in [0.1, 0.15) is 49.2 Å². The van der Waals surface area contributed by atoms with Crippen LogP contribution in [0.15, 0.2) is 18.2 Å². The monoisotopic (exact) mass is 254 g/mol. The second-order valence-corrected chi connectivity index (χ2v) is 3.02. The largest absolute Gasteiger partial charge is 0.481 e. The first-order chi connectivity index (χ1) is 8.50. The molecule has 2 N–H and O–H groups in total. The van der Waals surface area contributed by atoms with Crippen LogP contribution >= 0.6 is 0 Å². The molecule has 0 heterocycles. The highest BCUT2D eigenvalue weighted by Crippen LogP contribution is 2.11. The number of carboxylic acid groups (broad SMARTS) is 2. The summed E-state index contributed by atoms with van der Waals surface area (Å²) in [6.45, 7) is 9.70. The van der Waals surface area contributed by atoms with Gasteiger partial charge in [-0.1, -0.05) is 33.8 Å². The minimum atomic E-state index is -1.00. The number of hydrogen-bond donors (Lipinski definition) is 2. The SMILES string of the molecule is CC.CC.Cc1cc(C(=O)O)ccc1CC(=O)O. The van der Waals surface area contributed by atoms with Gasteiger partial charge >= 0.3 is 11.9 Å². The van der Waals surface area contributed by atoms with E-state index in [1.54, 1.807) is 6.92 Å². The standard InChI is InChI=1S/C10H10O4.2C2H6/c1-6-4-8(10(13)14)3-2-7(6)5-9(11)12;2*1-2/h2-4H,5H2,1H3,(H,11,12)(H,13,14);2*1-2H3. The molecule has 0 saturated heterocycles. The summed E-state index contributed by atoms with van der Waals surface area (Å²) >= 11 is 0. The summed E-state index contributed by atoms with van der Waals surface area (Å²) in [5, 5.41) is 17.2. The third kappa shape index (κ3) is 6.68. The highest BCUT2D eigenvalue weighted by atomic mass is 16.4. The summed E-state index contributed by atoms with van der Waals surface area (Å²) in [5.74, 6) is -1.92. The number of aromatic carboxylic acids is 1. The zero-order chi connectivity index (χ0) is 14.7. The lowest BCUT2D eigenvalue weighted by Crippen LogP contribution is -2.04. The fourth-order valence-electron chi connectivity index (χ4n) is 1.19. The molecule has 0 fully saturated rings. The van der Waals surface area contributed by atoms with Crippen LogP contribution in [0.2, 0.25) is 0 Å². The molecule has 1 aromatic rings.